The Hall–Kier alpha value is -2.32. The Morgan fingerprint density at radius 3 is 2.50 bits per heavy atom. The highest BCUT2D eigenvalue weighted by molar-refractivity contribution is 5.61. The maximum Gasteiger partial charge on any atom is 0.451 e. The Kier molecular flexibility index (Phi) is 3.22. The Morgan fingerprint density at radius 2 is 2.00 bits per heavy atom. The Bertz CT molecular complexity index is 740. The molecule has 1 unspecified atom stereocenters. The third-order valence-electron chi connectivity index (χ3n) is 3.47. The van der Waals surface area contributed by atoms with Gasteiger partial charge in [-0.05, 0) is 20.3 Å². The summed E-state index contributed by atoms with van der Waals surface area (Å²) in [6.45, 7) is 3.26. The standard InChI is InChI=1S/C13H12F3N5O/c1-6-17-7(2)21(20-6)11-4-10(9-3-8(9)5-22)18-12(19-11)13(14,15)16/h4-5,8-9H,3H2,1-2H3/t8?,9-/m0/s1. The second kappa shape index (κ2) is 4.85. The van der Waals surface area contributed by atoms with Crippen LogP contribution in [-0.4, -0.2) is 31.0 Å². The van der Waals surface area contributed by atoms with Gasteiger partial charge in [0.1, 0.15) is 17.9 Å². The summed E-state index contributed by atoms with van der Waals surface area (Å²) in [4.78, 5) is 21.9. The fourth-order valence-corrected chi connectivity index (χ4v) is 2.32. The average Bonchev–Trinajstić information content (AvgIpc) is 3.15. The van der Waals surface area contributed by atoms with Crippen LogP contribution in [0.4, 0.5) is 13.2 Å². The molecule has 1 aliphatic rings. The predicted molar refractivity (Wildman–Crippen MR) is 68.3 cm³/mol. The van der Waals surface area contributed by atoms with E-state index in [2.05, 4.69) is 20.1 Å². The first-order chi connectivity index (χ1) is 10.3. The first-order valence-corrected chi connectivity index (χ1v) is 6.61. The number of alkyl halides is 3. The van der Waals surface area contributed by atoms with Gasteiger partial charge in [0.25, 0.3) is 0 Å². The predicted octanol–water partition coefficient (Wildman–Crippen LogP) is 2.00. The van der Waals surface area contributed by atoms with Gasteiger partial charge in [-0.2, -0.15) is 17.9 Å². The largest absolute Gasteiger partial charge is 0.451 e. The van der Waals surface area contributed by atoms with Crippen LogP contribution in [0.1, 0.15) is 35.5 Å². The first-order valence-electron chi connectivity index (χ1n) is 6.61. The molecule has 0 N–H and O–H groups in total. The van der Waals surface area contributed by atoms with Gasteiger partial charge in [0, 0.05) is 17.9 Å². The lowest BCUT2D eigenvalue weighted by atomic mass is 10.2. The molecule has 0 bridgehead atoms. The molecule has 1 aliphatic carbocycles. The summed E-state index contributed by atoms with van der Waals surface area (Å²) in [6, 6.07) is 1.44. The van der Waals surface area contributed by atoms with E-state index in [0.717, 1.165) is 6.29 Å². The molecule has 22 heavy (non-hydrogen) atoms. The summed E-state index contributed by atoms with van der Waals surface area (Å²) in [7, 11) is 0. The normalized spacial score (nSPS) is 21.0. The van der Waals surface area contributed by atoms with E-state index in [4.69, 9.17) is 0 Å². The summed E-state index contributed by atoms with van der Waals surface area (Å²) >= 11 is 0. The number of nitrogens with zero attached hydrogens (tertiary/aromatic N) is 5. The lowest BCUT2D eigenvalue weighted by Crippen LogP contribution is -2.16. The van der Waals surface area contributed by atoms with Gasteiger partial charge < -0.3 is 4.79 Å². The molecule has 1 fully saturated rings. The van der Waals surface area contributed by atoms with Crippen molar-refractivity contribution in [2.24, 2.45) is 5.92 Å². The zero-order chi connectivity index (χ0) is 16.1. The SMILES string of the molecule is Cc1nc(C)n(-c2cc([C@H]3CC3C=O)nc(C(F)(F)F)n2)n1. The minimum absolute atomic E-state index is 0.00646. The zero-order valence-corrected chi connectivity index (χ0v) is 11.8. The van der Waals surface area contributed by atoms with Gasteiger partial charge in [-0.25, -0.2) is 15.0 Å². The molecule has 3 rings (SSSR count). The van der Waals surface area contributed by atoms with E-state index < -0.39 is 12.0 Å². The molecule has 2 atom stereocenters. The van der Waals surface area contributed by atoms with E-state index in [0.29, 0.717) is 18.1 Å². The quantitative estimate of drug-likeness (QED) is 0.811. The summed E-state index contributed by atoms with van der Waals surface area (Å²) in [6.07, 6.45) is -3.42. The molecular weight excluding hydrogens is 299 g/mol. The number of rotatable bonds is 3. The van der Waals surface area contributed by atoms with Crippen molar-refractivity contribution in [3.8, 4) is 5.82 Å². The third-order valence-corrected chi connectivity index (χ3v) is 3.47. The lowest BCUT2D eigenvalue weighted by molar-refractivity contribution is -0.145. The van der Waals surface area contributed by atoms with Crippen LogP contribution < -0.4 is 0 Å². The molecule has 2 aromatic rings. The molecule has 2 aromatic heterocycles. The van der Waals surface area contributed by atoms with Crippen molar-refractivity contribution in [1.29, 1.82) is 0 Å². The molecule has 0 spiro atoms. The van der Waals surface area contributed by atoms with Crippen LogP contribution in [0.25, 0.3) is 5.82 Å². The lowest BCUT2D eigenvalue weighted by Gasteiger charge is -2.10. The molecule has 9 heteroatoms. The van der Waals surface area contributed by atoms with E-state index in [1.165, 1.54) is 10.7 Å². The van der Waals surface area contributed by atoms with Gasteiger partial charge >= 0.3 is 6.18 Å². The number of aryl methyl sites for hydroxylation is 2. The zero-order valence-electron chi connectivity index (χ0n) is 11.8. The van der Waals surface area contributed by atoms with Gasteiger partial charge in [0.05, 0.1) is 5.69 Å². The van der Waals surface area contributed by atoms with Crippen molar-refractivity contribution >= 4 is 6.29 Å². The number of halogens is 3. The molecule has 0 radical (unpaired) electrons. The van der Waals surface area contributed by atoms with Crippen LogP contribution in [0.3, 0.4) is 0 Å². The molecule has 2 heterocycles. The third kappa shape index (κ3) is 2.58. The number of carbonyl (C=O) groups is 1. The first kappa shape index (κ1) is 14.6. The smallest absolute Gasteiger partial charge is 0.303 e. The summed E-state index contributed by atoms with van der Waals surface area (Å²) in [5.74, 6) is -0.926. The molecule has 0 aliphatic heterocycles. The number of carbonyl (C=O) groups excluding carboxylic acids is 1. The van der Waals surface area contributed by atoms with Gasteiger partial charge in [0.2, 0.25) is 5.82 Å². The van der Waals surface area contributed by atoms with Crippen LogP contribution in [0.15, 0.2) is 6.07 Å². The van der Waals surface area contributed by atoms with Crippen molar-refractivity contribution in [3.05, 3.63) is 29.2 Å². The van der Waals surface area contributed by atoms with E-state index in [-0.39, 0.29) is 23.3 Å². The van der Waals surface area contributed by atoms with E-state index >= 15 is 0 Å². The van der Waals surface area contributed by atoms with Crippen LogP contribution in [0, 0.1) is 19.8 Å². The van der Waals surface area contributed by atoms with Gasteiger partial charge in [-0.15, -0.1) is 5.10 Å². The van der Waals surface area contributed by atoms with Crippen molar-refractivity contribution in [2.45, 2.75) is 32.4 Å². The van der Waals surface area contributed by atoms with Gasteiger partial charge in [-0.1, -0.05) is 0 Å². The van der Waals surface area contributed by atoms with Crippen LogP contribution >= 0.6 is 0 Å². The topological polar surface area (TPSA) is 73.6 Å². The summed E-state index contributed by atoms with van der Waals surface area (Å²) < 4.78 is 40.2. The summed E-state index contributed by atoms with van der Waals surface area (Å²) in [5.41, 5.74) is 0.210. The van der Waals surface area contributed by atoms with Crippen LogP contribution in [0.2, 0.25) is 0 Å². The maximum atomic E-state index is 13.0. The number of aldehydes is 1. The Balaban J connectivity index is 2.11. The van der Waals surface area contributed by atoms with Crippen molar-refractivity contribution in [1.82, 2.24) is 24.7 Å². The molecular formula is C13H12F3N5O. The van der Waals surface area contributed by atoms with Crippen molar-refractivity contribution in [3.63, 3.8) is 0 Å². The minimum Gasteiger partial charge on any atom is -0.303 e. The Labute approximate surface area is 123 Å². The second-order valence-electron chi connectivity index (χ2n) is 5.23. The highest BCUT2D eigenvalue weighted by Crippen LogP contribution is 2.45. The molecule has 0 aromatic carbocycles. The molecule has 6 nitrogen and oxygen atoms in total. The number of hydrogen-bond donors (Lipinski definition) is 0. The second-order valence-corrected chi connectivity index (χ2v) is 5.23. The molecule has 116 valence electrons. The highest BCUT2D eigenvalue weighted by Gasteiger charge is 2.42. The summed E-state index contributed by atoms with van der Waals surface area (Å²) in [5, 5.41) is 4.04. The maximum absolute atomic E-state index is 13.0. The fraction of sp³-hybridized carbons (Fsp3) is 0.462. The van der Waals surface area contributed by atoms with E-state index in [1.807, 2.05) is 0 Å². The average molecular weight is 311 g/mol. The minimum atomic E-state index is -4.67. The van der Waals surface area contributed by atoms with Crippen LogP contribution in [0.5, 0.6) is 0 Å². The molecule has 0 amide bonds. The van der Waals surface area contributed by atoms with E-state index in [9.17, 15) is 18.0 Å². The number of aromatic nitrogens is 5. The van der Waals surface area contributed by atoms with Crippen molar-refractivity contribution < 1.29 is 18.0 Å². The van der Waals surface area contributed by atoms with Gasteiger partial charge in [-0.3, -0.25) is 0 Å². The molecule has 1 saturated carbocycles. The highest BCUT2D eigenvalue weighted by atomic mass is 19.4. The fourth-order valence-electron chi connectivity index (χ4n) is 2.32. The van der Waals surface area contributed by atoms with E-state index in [1.54, 1.807) is 13.8 Å². The molecule has 0 saturated heterocycles. The van der Waals surface area contributed by atoms with Crippen LogP contribution in [-0.2, 0) is 11.0 Å². The van der Waals surface area contributed by atoms with Gasteiger partial charge in [0.15, 0.2) is 5.82 Å². The Morgan fingerprint density at radius 1 is 1.27 bits per heavy atom. The monoisotopic (exact) mass is 311 g/mol. The number of hydrogen-bond acceptors (Lipinski definition) is 5. The van der Waals surface area contributed by atoms with Crippen molar-refractivity contribution in [2.75, 3.05) is 0 Å².